The molecule has 0 aromatic heterocycles. The van der Waals surface area contributed by atoms with E-state index >= 15 is 0 Å². The molecule has 1 N–H and O–H groups in total. The van der Waals surface area contributed by atoms with Crippen molar-refractivity contribution in [2.75, 3.05) is 40.4 Å². The van der Waals surface area contributed by atoms with E-state index in [1.807, 2.05) is 35.2 Å². The topological polar surface area (TPSA) is 71.1 Å². The van der Waals surface area contributed by atoms with Gasteiger partial charge in [-0.15, -0.1) is 0 Å². The highest BCUT2D eigenvalue weighted by atomic mass is 79.9. The molecule has 5 rings (SSSR count). The van der Waals surface area contributed by atoms with E-state index in [2.05, 4.69) is 50.4 Å². The summed E-state index contributed by atoms with van der Waals surface area (Å²) in [5, 5.41) is 3.24. The molecule has 1 atom stereocenters. The number of rotatable bonds is 10. The molecule has 1 spiro atoms. The van der Waals surface area contributed by atoms with E-state index in [1.165, 1.54) is 0 Å². The van der Waals surface area contributed by atoms with Crippen LogP contribution >= 0.6 is 15.9 Å². The number of benzene rings is 3. The molecule has 2 saturated heterocycles. The van der Waals surface area contributed by atoms with Gasteiger partial charge < -0.3 is 24.6 Å². The van der Waals surface area contributed by atoms with Crippen molar-refractivity contribution in [2.24, 2.45) is 5.41 Å². The number of ether oxygens (including phenoxy) is 2. The number of methoxy groups -OCH3 is 2. The molecule has 41 heavy (non-hydrogen) atoms. The molecule has 0 saturated carbocycles. The lowest BCUT2D eigenvalue weighted by Gasteiger charge is -2.38. The lowest BCUT2D eigenvalue weighted by Crippen LogP contribution is -2.45. The smallest absolute Gasteiger partial charge is 0.251 e. The number of hydrogen-bond donors (Lipinski definition) is 1. The van der Waals surface area contributed by atoms with Gasteiger partial charge in [0.15, 0.2) is 11.5 Å². The van der Waals surface area contributed by atoms with Crippen molar-refractivity contribution in [3.05, 3.63) is 94.0 Å². The maximum atomic E-state index is 13.5. The van der Waals surface area contributed by atoms with Crippen molar-refractivity contribution < 1.29 is 19.1 Å². The van der Waals surface area contributed by atoms with E-state index < -0.39 is 0 Å². The first-order chi connectivity index (χ1) is 19.9. The fourth-order valence-electron chi connectivity index (χ4n) is 6.06. The Morgan fingerprint density at radius 1 is 0.927 bits per heavy atom. The van der Waals surface area contributed by atoms with E-state index in [1.54, 1.807) is 32.4 Å². The van der Waals surface area contributed by atoms with Crippen LogP contribution in [-0.2, 0) is 11.3 Å². The number of carbonyl (C=O) groups excluding carboxylic acids is 2. The van der Waals surface area contributed by atoms with E-state index in [0.29, 0.717) is 29.5 Å². The lowest BCUT2D eigenvalue weighted by molar-refractivity contribution is -0.138. The number of halogens is 1. The van der Waals surface area contributed by atoms with E-state index in [0.717, 1.165) is 67.5 Å². The molecule has 8 heteroatoms. The van der Waals surface area contributed by atoms with Gasteiger partial charge in [0.2, 0.25) is 5.91 Å². The van der Waals surface area contributed by atoms with Gasteiger partial charge in [0.1, 0.15) is 0 Å². The number of carbonyl (C=O) groups is 2. The molecule has 0 radical (unpaired) electrons. The Bertz CT molecular complexity index is 1340. The normalized spacial score (nSPS) is 17.4. The molecule has 216 valence electrons. The minimum atomic E-state index is -0.230. The number of nitrogens with one attached hydrogen (secondary N) is 1. The van der Waals surface area contributed by atoms with Crippen molar-refractivity contribution in [3.8, 4) is 11.5 Å². The van der Waals surface area contributed by atoms with Crippen molar-refractivity contribution in [2.45, 2.75) is 38.3 Å². The van der Waals surface area contributed by atoms with Crippen LogP contribution in [0, 0.1) is 5.41 Å². The molecule has 2 aliphatic rings. The highest BCUT2D eigenvalue weighted by Crippen LogP contribution is 2.42. The third-order valence-electron chi connectivity index (χ3n) is 8.59. The lowest BCUT2D eigenvalue weighted by atomic mass is 9.77. The summed E-state index contributed by atoms with van der Waals surface area (Å²) in [6.07, 6.45) is 3.48. The van der Waals surface area contributed by atoms with Gasteiger partial charge in [0.25, 0.3) is 5.91 Å². The molecule has 2 amide bonds. The second-order valence-corrected chi connectivity index (χ2v) is 11.9. The zero-order valence-electron chi connectivity index (χ0n) is 23.8. The number of hydrogen-bond acceptors (Lipinski definition) is 5. The van der Waals surface area contributed by atoms with Crippen LogP contribution in [0.4, 0.5) is 0 Å². The van der Waals surface area contributed by atoms with Gasteiger partial charge in [0.05, 0.1) is 25.7 Å². The first-order valence-corrected chi connectivity index (χ1v) is 15.0. The van der Waals surface area contributed by atoms with Crippen LogP contribution in [0.1, 0.15) is 53.2 Å². The van der Waals surface area contributed by atoms with Crippen LogP contribution < -0.4 is 14.8 Å². The molecular weight excluding hydrogens is 582 g/mol. The van der Waals surface area contributed by atoms with Crippen LogP contribution in [0.25, 0.3) is 0 Å². The van der Waals surface area contributed by atoms with Crippen molar-refractivity contribution in [1.29, 1.82) is 0 Å². The molecule has 2 fully saturated rings. The summed E-state index contributed by atoms with van der Waals surface area (Å²) in [6.45, 7) is 4.13. The van der Waals surface area contributed by atoms with Crippen molar-refractivity contribution in [1.82, 2.24) is 15.1 Å². The largest absolute Gasteiger partial charge is 0.493 e. The molecular formula is C33H38BrN3O4. The second-order valence-electron chi connectivity index (χ2n) is 11.0. The Balaban J connectivity index is 1.18. The molecule has 0 aliphatic carbocycles. The maximum absolute atomic E-state index is 13.5. The Morgan fingerprint density at radius 2 is 1.61 bits per heavy atom. The summed E-state index contributed by atoms with van der Waals surface area (Å²) < 4.78 is 11.8. The fourth-order valence-corrected chi connectivity index (χ4v) is 6.33. The van der Waals surface area contributed by atoms with Gasteiger partial charge in [-0.3, -0.25) is 9.59 Å². The Morgan fingerprint density at radius 3 is 2.29 bits per heavy atom. The van der Waals surface area contributed by atoms with Gasteiger partial charge in [0, 0.05) is 29.7 Å². The predicted octanol–water partition coefficient (Wildman–Crippen LogP) is 5.84. The standard InChI is InChI=1S/C33H38BrN3O4/c1-40-29-13-10-26(22-30(29)41-2)31(38)35-28(25-6-4-3-5-7-25)14-18-36-19-15-33(16-20-36)17-21-37(32(33)39)23-24-8-11-27(34)12-9-24/h3-13,22,28H,14-21,23H2,1-2H3,(H,35,38). The zero-order chi connectivity index (χ0) is 28.8. The van der Waals surface area contributed by atoms with Gasteiger partial charge in [-0.1, -0.05) is 58.4 Å². The fraction of sp³-hybridized carbons (Fsp3) is 0.394. The van der Waals surface area contributed by atoms with Crippen molar-refractivity contribution in [3.63, 3.8) is 0 Å². The van der Waals surface area contributed by atoms with Gasteiger partial charge in [-0.05, 0) is 80.2 Å². The molecule has 1 unspecified atom stereocenters. The summed E-state index contributed by atoms with van der Waals surface area (Å²) in [5.74, 6) is 1.27. The van der Waals surface area contributed by atoms with E-state index in [9.17, 15) is 9.59 Å². The highest BCUT2D eigenvalue weighted by molar-refractivity contribution is 9.10. The summed E-state index contributed by atoms with van der Waals surface area (Å²) in [5.41, 5.74) is 2.53. The monoisotopic (exact) mass is 619 g/mol. The SMILES string of the molecule is COc1ccc(C(=O)NC(CCN2CCC3(CC2)CCN(Cc2ccc(Br)cc2)C3=O)c2ccccc2)cc1OC. The Hall–Kier alpha value is -3.36. The highest BCUT2D eigenvalue weighted by Gasteiger charge is 2.47. The van der Waals surface area contributed by atoms with Gasteiger partial charge in [-0.2, -0.15) is 0 Å². The molecule has 0 bridgehead atoms. The average Bonchev–Trinajstić information content (AvgIpc) is 3.30. The molecule has 2 heterocycles. The average molecular weight is 621 g/mol. The number of nitrogens with zero attached hydrogens (tertiary/aromatic N) is 2. The summed E-state index contributed by atoms with van der Waals surface area (Å²) >= 11 is 3.49. The van der Waals surface area contributed by atoms with Crippen LogP contribution in [0.2, 0.25) is 0 Å². The van der Waals surface area contributed by atoms with Crippen LogP contribution in [0.15, 0.2) is 77.3 Å². The summed E-state index contributed by atoms with van der Waals surface area (Å²) in [6, 6.07) is 23.4. The summed E-state index contributed by atoms with van der Waals surface area (Å²) in [4.78, 5) is 31.2. The third-order valence-corrected chi connectivity index (χ3v) is 9.12. The first kappa shape index (κ1) is 29.1. The van der Waals surface area contributed by atoms with Crippen molar-refractivity contribution >= 4 is 27.7 Å². The van der Waals surface area contributed by atoms with E-state index in [-0.39, 0.29) is 17.4 Å². The number of piperidine rings is 1. The van der Waals surface area contributed by atoms with Gasteiger partial charge >= 0.3 is 0 Å². The minimum Gasteiger partial charge on any atom is -0.493 e. The zero-order valence-corrected chi connectivity index (χ0v) is 25.4. The third kappa shape index (κ3) is 6.76. The Kier molecular flexibility index (Phi) is 9.30. The van der Waals surface area contributed by atoms with Crippen LogP contribution in [0.3, 0.4) is 0 Å². The quantitative estimate of drug-likeness (QED) is 0.309. The number of amides is 2. The first-order valence-electron chi connectivity index (χ1n) is 14.2. The molecule has 3 aromatic rings. The maximum Gasteiger partial charge on any atom is 0.251 e. The predicted molar refractivity (Wildman–Crippen MR) is 163 cm³/mol. The summed E-state index contributed by atoms with van der Waals surface area (Å²) in [7, 11) is 3.14. The molecule has 7 nitrogen and oxygen atoms in total. The molecule has 3 aromatic carbocycles. The van der Waals surface area contributed by atoms with Crippen LogP contribution in [-0.4, -0.2) is 62.0 Å². The number of likely N-dealkylation sites (tertiary alicyclic amines) is 2. The van der Waals surface area contributed by atoms with Gasteiger partial charge in [-0.25, -0.2) is 0 Å². The minimum absolute atomic E-state index is 0.137. The second kappa shape index (κ2) is 13.1. The Labute approximate surface area is 250 Å². The van der Waals surface area contributed by atoms with E-state index in [4.69, 9.17) is 9.47 Å². The van der Waals surface area contributed by atoms with Crippen LogP contribution in [0.5, 0.6) is 11.5 Å². The molecule has 2 aliphatic heterocycles.